The lowest BCUT2D eigenvalue weighted by atomic mass is 9.84. The van der Waals surface area contributed by atoms with Crippen LogP contribution < -0.4 is 0 Å². The van der Waals surface area contributed by atoms with Crippen LogP contribution in [0.3, 0.4) is 0 Å². The molecule has 5 atom stereocenters. The van der Waals surface area contributed by atoms with Crippen molar-refractivity contribution in [2.75, 3.05) is 20.3 Å². The summed E-state index contributed by atoms with van der Waals surface area (Å²) < 4.78 is 10.4. The Bertz CT molecular complexity index is 223. The summed E-state index contributed by atoms with van der Waals surface area (Å²) in [6.45, 7) is 1.88. The van der Waals surface area contributed by atoms with Crippen LogP contribution in [-0.2, 0) is 9.47 Å². The molecule has 1 saturated heterocycles. The van der Waals surface area contributed by atoms with Crippen molar-refractivity contribution in [3.05, 3.63) is 4.91 Å². The number of ether oxygens (including phenoxy) is 2. The van der Waals surface area contributed by atoms with Gasteiger partial charge in [-0.3, -0.25) is 0 Å². The summed E-state index contributed by atoms with van der Waals surface area (Å²) >= 11 is 0. The molecule has 16 heavy (non-hydrogen) atoms. The second kappa shape index (κ2) is 6.24. The van der Waals surface area contributed by atoms with Gasteiger partial charge < -0.3 is 19.7 Å². The highest BCUT2D eigenvalue weighted by molar-refractivity contribution is 4.95. The second-order valence-corrected chi connectivity index (χ2v) is 4.01. The Labute approximate surface area is 94.5 Å². The fraction of sp³-hybridized carbons (Fsp3) is 1.00. The lowest BCUT2D eigenvalue weighted by Crippen LogP contribution is -2.55. The third-order valence-electron chi connectivity index (χ3n) is 3.10. The van der Waals surface area contributed by atoms with Gasteiger partial charge in [0.1, 0.15) is 12.1 Å². The quantitative estimate of drug-likeness (QED) is 0.648. The Balaban J connectivity index is 2.79. The summed E-state index contributed by atoms with van der Waals surface area (Å²) in [4.78, 5) is 10.7. The molecule has 2 N–H and O–H groups in total. The van der Waals surface area contributed by atoms with Crippen molar-refractivity contribution in [3.8, 4) is 0 Å². The van der Waals surface area contributed by atoms with E-state index in [1.807, 2.05) is 6.92 Å². The van der Waals surface area contributed by atoms with E-state index in [4.69, 9.17) is 14.6 Å². The molecule has 6 heteroatoms. The fourth-order valence-corrected chi connectivity index (χ4v) is 2.21. The highest BCUT2D eigenvalue weighted by atomic mass is 16.5. The number of hydrogen-bond acceptors (Lipinski definition) is 6. The Hall–Kier alpha value is -0.560. The maximum absolute atomic E-state index is 10.7. The number of nitrogens with zero attached hydrogens (tertiary/aromatic N) is 1. The van der Waals surface area contributed by atoms with E-state index in [9.17, 15) is 10.0 Å². The monoisotopic (exact) mass is 233 g/mol. The van der Waals surface area contributed by atoms with E-state index >= 15 is 0 Å². The third-order valence-corrected chi connectivity index (χ3v) is 3.10. The van der Waals surface area contributed by atoms with Gasteiger partial charge in [-0.05, 0) is 6.42 Å². The topological polar surface area (TPSA) is 88.4 Å². The van der Waals surface area contributed by atoms with Crippen LogP contribution in [0.2, 0.25) is 0 Å². The molecule has 0 aromatic carbocycles. The molecular formula is C10H19NO5. The van der Waals surface area contributed by atoms with Crippen LogP contribution in [0.1, 0.15) is 13.3 Å². The molecule has 0 saturated carbocycles. The zero-order chi connectivity index (χ0) is 12.1. The van der Waals surface area contributed by atoms with E-state index in [1.165, 1.54) is 7.11 Å². The largest absolute Gasteiger partial charge is 0.394 e. The van der Waals surface area contributed by atoms with Crippen LogP contribution in [0.4, 0.5) is 0 Å². The first-order valence-corrected chi connectivity index (χ1v) is 5.45. The van der Waals surface area contributed by atoms with Gasteiger partial charge in [0.25, 0.3) is 0 Å². The van der Waals surface area contributed by atoms with Crippen molar-refractivity contribution >= 4 is 0 Å². The van der Waals surface area contributed by atoms with E-state index in [1.54, 1.807) is 0 Å². The molecule has 1 fully saturated rings. The van der Waals surface area contributed by atoms with Crippen molar-refractivity contribution in [2.24, 2.45) is 11.1 Å². The van der Waals surface area contributed by atoms with Crippen molar-refractivity contribution in [1.82, 2.24) is 0 Å². The van der Waals surface area contributed by atoms with Crippen LogP contribution in [0.25, 0.3) is 0 Å². The minimum Gasteiger partial charge on any atom is -0.394 e. The minimum atomic E-state index is -0.881. The maximum atomic E-state index is 10.7. The highest BCUT2D eigenvalue weighted by Gasteiger charge is 2.44. The normalized spacial score (nSPS) is 39.6. The molecule has 0 spiro atoms. The van der Waals surface area contributed by atoms with Gasteiger partial charge in [0.2, 0.25) is 0 Å². The molecule has 5 unspecified atom stereocenters. The van der Waals surface area contributed by atoms with Crippen molar-refractivity contribution in [2.45, 2.75) is 37.7 Å². The Kier molecular flexibility index (Phi) is 5.27. The van der Waals surface area contributed by atoms with Crippen molar-refractivity contribution in [3.63, 3.8) is 0 Å². The Morgan fingerprint density at radius 2 is 2.12 bits per heavy atom. The van der Waals surface area contributed by atoms with Gasteiger partial charge >= 0.3 is 0 Å². The first kappa shape index (κ1) is 13.5. The van der Waals surface area contributed by atoms with Gasteiger partial charge in [-0.1, -0.05) is 12.1 Å². The van der Waals surface area contributed by atoms with E-state index in [0.29, 0.717) is 6.42 Å². The van der Waals surface area contributed by atoms with Gasteiger partial charge in [0.15, 0.2) is 0 Å². The average molecular weight is 233 g/mol. The molecule has 0 radical (unpaired) electrons. The molecule has 1 aliphatic rings. The number of aliphatic hydroxyl groups excluding tert-OH is 2. The first-order valence-electron chi connectivity index (χ1n) is 5.45. The Morgan fingerprint density at radius 3 is 2.56 bits per heavy atom. The predicted octanol–water partition coefficient (Wildman–Crippen LogP) is -0.0854. The first-order chi connectivity index (χ1) is 7.69. The fourth-order valence-electron chi connectivity index (χ4n) is 2.21. The third kappa shape index (κ3) is 2.57. The predicted molar refractivity (Wildman–Crippen MR) is 57.0 cm³/mol. The van der Waals surface area contributed by atoms with Crippen LogP contribution in [0.5, 0.6) is 0 Å². The van der Waals surface area contributed by atoms with E-state index < -0.39 is 24.4 Å². The van der Waals surface area contributed by atoms with Crippen LogP contribution in [-0.4, -0.2) is 54.9 Å². The zero-order valence-corrected chi connectivity index (χ0v) is 9.57. The van der Waals surface area contributed by atoms with Gasteiger partial charge in [0.05, 0.1) is 25.4 Å². The second-order valence-electron chi connectivity index (χ2n) is 4.01. The van der Waals surface area contributed by atoms with Crippen molar-refractivity contribution < 1.29 is 19.7 Å². The molecule has 0 amide bonds. The van der Waals surface area contributed by atoms with Crippen molar-refractivity contribution in [1.29, 1.82) is 0 Å². The SMILES string of the molecule is CCC1C(CO)OC(COC)C(N=O)C1O. The number of aliphatic hydroxyl groups is 2. The zero-order valence-electron chi connectivity index (χ0n) is 9.57. The van der Waals surface area contributed by atoms with E-state index in [2.05, 4.69) is 5.18 Å². The van der Waals surface area contributed by atoms with Gasteiger partial charge in [-0.2, -0.15) is 4.91 Å². The van der Waals surface area contributed by atoms with Crippen LogP contribution in [0.15, 0.2) is 5.18 Å². The van der Waals surface area contributed by atoms with Gasteiger partial charge in [0, 0.05) is 13.0 Å². The minimum absolute atomic E-state index is 0.179. The lowest BCUT2D eigenvalue weighted by Gasteiger charge is -2.41. The molecule has 1 aliphatic heterocycles. The average Bonchev–Trinajstić information content (AvgIpc) is 2.29. The van der Waals surface area contributed by atoms with Gasteiger partial charge in [-0.15, -0.1) is 0 Å². The smallest absolute Gasteiger partial charge is 0.146 e. The summed E-state index contributed by atoms with van der Waals surface area (Å²) in [5.41, 5.74) is 0. The molecule has 1 rings (SSSR count). The van der Waals surface area contributed by atoms with Gasteiger partial charge in [-0.25, -0.2) is 0 Å². The standard InChI is InChI=1S/C10H19NO5/c1-3-6-7(4-12)16-8(5-15-2)9(11-14)10(6)13/h6-10,12-13H,3-5H2,1-2H3. The maximum Gasteiger partial charge on any atom is 0.146 e. The molecule has 0 aromatic heterocycles. The van der Waals surface area contributed by atoms with E-state index in [-0.39, 0.29) is 19.1 Å². The summed E-state index contributed by atoms with van der Waals surface area (Å²) in [7, 11) is 1.48. The summed E-state index contributed by atoms with van der Waals surface area (Å²) in [5, 5.41) is 22.1. The molecular weight excluding hydrogens is 214 g/mol. The molecule has 0 aromatic rings. The molecule has 0 aliphatic carbocycles. The summed E-state index contributed by atoms with van der Waals surface area (Å²) in [5.74, 6) is -0.263. The summed E-state index contributed by atoms with van der Waals surface area (Å²) in [6.07, 6.45) is -1.30. The number of hydrogen-bond donors (Lipinski definition) is 2. The molecule has 94 valence electrons. The highest BCUT2D eigenvalue weighted by Crippen LogP contribution is 2.30. The molecule has 1 heterocycles. The number of methoxy groups -OCH3 is 1. The summed E-state index contributed by atoms with van der Waals surface area (Å²) in [6, 6.07) is -0.826. The molecule has 6 nitrogen and oxygen atoms in total. The van der Waals surface area contributed by atoms with E-state index in [0.717, 1.165) is 0 Å². The number of rotatable bonds is 5. The number of nitroso groups, excluding NO2 is 1. The lowest BCUT2D eigenvalue weighted by molar-refractivity contribution is -0.173. The van der Waals surface area contributed by atoms with Crippen LogP contribution in [0, 0.1) is 10.8 Å². The molecule has 0 bridgehead atoms. The van der Waals surface area contributed by atoms with Crippen LogP contribution >= 0.6 is 0 Å². The Morgan fingerprint density at radius 1 is 1.44 bits per heavy atom.